The van der Waals surface area contributed by atoms with Crippen molar-refractivity contribution in [3.05, 3.63) is 65.1 Å². The van der Waals surface area contributed by atoms with Crippen LogP contribution in [0.5, 0.6) is 0 Å². The van der Waals surface area contributed by atoms with E-state index in [-0.39, 0.29) is 11.4 Å². The average molecular weight is 338 g/mol. The lowest BCUT2D eigenvalue weighted by atomic mass is 10.1. The van der Waals surface area contributed by atoms with E-state index in [0.717, 1.165) is 11.1 Å². The summed E-state index contributed by atoms with van der Waals surface area (Å²) in [5.41, 5.74) is 2.76. The summed E-state index contributed by atoms with van der Waals surface area (Å²) >= 11 is 0. The Balaban J connectivity index is 1.89. The van der Waals surface area contributed by atoms with E-state index in [1.54, 1.807) is 46.9 Å². The highest BCUT2D eigenvalue weighted by Crippen LogP contribution is 2.25. The van der Waals surface area contributed by atoms with Crippen LogP contribution in [0.3, 0.4) is 0 Å². The molecule has 0 fully saturated rings. The predicted octanol–water partition coefficient (Wildman–Crippen LogP) is 2.50. The van der Waals surface area contributed by atoms with Gasteiger partial charge in [-0.3, -0.25) is 4.79 Å². The van der Waals surface area contributed by atoms with Gasteiger partial charge in [-0.2, -0.15) is 5.10 Å². The van der Waals surface area contributed by atoms with Gasteiger partial charge in [0.2, 0.25) is 0 Å². The first-order chi connectivity index (χ1) is 12.2. The summed E-state index contributed by atoms with van der Waals surface area (Å²) in [6, 6.07) is 7.99. The van der Waals surface area contributed by atoms with Gasteiger partial charge in [-0.25, -0.2) is 13.9 Å². The molecule has 6 nitrogen and oxygen atoms in total. The molecule has 0 unspecified atom stereocenters. The number of ether oxygens (including phenoxy) is 1. The molecule has 0 amide bonds. The standard InChI is InChI=1S/C18H15FN4O2/c1-25-9-8-22-7-6-16-15(18(22)24)10-20-17-14(11-21-23(16)17)12-2-4-13(19)5-3-12/h2-7,10-11H,8-9H2,1H3. The van der Waals surface area contributed by atoms with Crippen LogP contribution in [-0.4, -0.2) is 32.9 Å². The molecule has 4 rings (SSSR count). The maximum absolute atomic E-state index is 13.1. The largest absolute Gasteiger partial charge is 0.383 e. The number of benzene rings is 1. The van der Waals surface area contributed by atoms with Gasteiger partial charge in [0.25, 0.3) is 5.56 Å². The molecule has 1 aromatic carbocycles. The van der Waals surface area contributed by atoms with Crippen molar-refractivity contribution in [2.75, 3.05) is 13.7 Å². The van der Waals surface area contributed by atoms with Crippen molar-refractivity contribution < 1.29 is 9.13 Å². The molecule has 0 atom stereocenters. The molecule has 0 saturated carbocycles. The number of rotatable bonds is 4. The van der Waals surface area contributed by atoms with Crippen LogP contribution in [0.15, 0.2) is 53.7 Å². The topological polar surface area (TPSA) is 61.4 Å². The molecule has 0 aliphatic heterocycles. The molecular formula is C18H15FN4O2. The second kappa shape index (κ2) is 6.10. The number of aromatic nitrogens is 4. The molecule has 3 aromatic heterocycles. The minimum absolute atomic E-state index is 0.136. The van der Waals surface area contributed by atoms with E-state index < -0.39 is 0 Å². The normalized spacial score (nSPS) is 11.4. The second-order valence-electron chi connectivity index (χ2n) is 5.66. The SMILES string of the molecule is COCCn1ccc2c(cnc3c(-c4ccc(F)cc4)cnn32)c1=O. The van der Waals surface area contributed by atoms with E-state index in [9.17, 15) is 9.18 Å². The van der Waals surface area contributed by atoms with Crippen LogP contribution in [0.1, 0.15) is 0 Å². The first kappa shape index (κ1) is 15.5. The zero-order valence-corrected chi connectivity index (χ0v) is 13.5. The smallest absolute Gasteiger partial charge is 0.261 e. The fourth-order valence-electron chi connectivity index (χ4n) is 2.86. The van der Waals surface area contributed by atoms with Gasteiger partial charge < -0.3 is 9.30 Å². The van der Waals surface area contributed by atoms with Crippen LogP contribution < -0.4 is 5.56 Å². The second-order valence-corrected chi connectivity index (χ2v) is 5.66. The fraction of sp³-hybridized carbons (Fsp3) is 0.167. The Kier molecular flexibility index (Phi) is 3.77. The Bertz CT molecular complexity index is 1120. The summed E-state index contributed by atoms with van der Waals surface area (Å²) in [5, 5.41) is 4.85. The van der Waals surface area contributed by atoms with E-state index >= 15 is 0 Å². The zero-order chi connectivity index (χ0) is 17.4. The average Bonchev–Trinajstić information content (AvgIpc) is 3.06. The fourth-order valence-corrected chi connectivity index (χ4v) is 2.86. The van der Waals surface area contributed by atoms with Gasteiger partial charge in [0.1, 0.15) is 5.82 Å². The summed E-state index contributed by atoms with van der Waals surface area (Å²) in [7, 11) is 1.60. The van der Waals surface area contributed by atoms with Crippen molar-refractivity contribution in [2.45, 2.75) is 6.54 Å². The molecule has 25 heavy (non-hydrogen) atoms. The summed E-state index contributed by atoms with van der Waals surface area (Å²) in [6.07, 6.45) is 4.96. The maximum atomic E-state index is 13.1. The van der Waals surface area contributed by atoms with Crippen LogP contribution in [-0.2, 0) is 11.3 Å². The van der Waals surface area contributed by atoms with Crippen molar-refractivity contribution in [3.8, 4) is 11.1 Å². The summed E-state index contributed by atoms with van der Waals surface area (Å²) < 4.78 is 21.4. The molecule has 0 bridgehead atoms. The van der Waals surface area contributed by atoms with Crippen LogP contribution in [0, 0.1) is 5.82 Å². The zero-order valence-electron chi connectivity index (χ0n) is 13.5. The number of hydrogen-bond acceptors (Lipinski definition) is 4. The maximum Gasteiger partial charge on any atom is 0.261 e. The van der Waals surface area contributed by atoms with Gasteiger partial charge in [-0.15, -0.1) is 0 Å². The monoisotopic (exact) mass is 338 g/mol. The Morgan fingerprint density at radius 2 is 1.96 bits per heavy atom. The minimum atomic E-state index is -0.296. The lowest BCUT2D eigenvalue weighted by Gasteiger charge is -2.07. The molecule has 0 aliphatic rings. The Labute approximate surface area is 142 Å². The van der Waals surface area contributed by atoms with E-state index in [2.05, 4.69) is 10.1 Å². The van der Waals surface area contributed by atoms with Crippen molar-refractivity contribution in [2.24, 2.45) is 0 Å². The van der Waals surface area contributed by atoms with Crippen LogP contribution in [0.4, 0.5) is 4.39 Å². The van der Waals surface area contributed by atoms with Gasteiger partial charge in [0, 0.05) is 31.6 Å². The summed E-state index contributed by atoms with van der Waals surface area (Å²) in [4.78, 5) is 17.0. The third-order valence-corrected chi connectivity index (χ3v) is 4.16. The van der Waals surface area contributed by atoms with E-state index in [1.807, 2.05) is 6.07 Å². The molecule has 7 heteroatoms. The molecule has 0 radical (unpaired) electrons. The third kappa shape index (κ3) is 2.58. The van der Waals surface area contributed by atoms with E-state index in [1.165, 1.54) is 12.1 Å². The molecule has 0 saturated heterocycles. The number of pyridine rings is 1. The Hall–Kier alpha value is -3.06. The van der Waals surface area contributed by atoms with Crippen LogP contribution >= 0.6 is 0 Å². The van der Waals surface area contributed by atoms with Crippen molar-refractivity contribution >= 4 is 16.6 Å². The van der Waals surface area contributed by atoms with Gasteiger partial charge in [-0.1, -0.05) is 12.1 Å². The molecule has 3 heterocycles. The van der Waals surface area contributed by atoms with Crippen molar-refractivity contribution in [1.29, 1.82) is 0 Å². The van der Waals surface area contributed by atoms with Gasteiger partial charge in [0.05, 0.1) is 23.7 Å². The first-order valence-electron chi connectivity index (χ1n) is 7.80. The minimum Gasteiger partial charge on any atom is -0.383 e. The van der Waals surface area contributed by atoms with Crippen molar-refractivity contribution in [1.82, 2.24) is 19.2 Å². The third-order valence-electron chi connectivity index (χ3n) is 4.16. The first-order valence-corrected chi connectivity index (χ1v) is 7.80. The number of halogens is 1. The predicted molar refractivity (Wildman–Crippen MR) is 92.0 cm³/mol. The van der Waals surface area contributed by atoms with Crippen LogP contribution in [0.2, 0.25) is 0 Å². The molecule has 0 spiro atoms. The molecule has 4 aromatic rings. The summed E-state index contributed by atoms with van der Waals surface area (Å²) in [5.74, 6) is -0.296. The highest BCUT2D eigenvalue weighted by molar-refractivity contribution is 5.84. The number of methoxy groups -OCH3 is 1. The molecule has 0 N–H and O–H groups in total. The molecule has 0 aliphatic carbocycles. The molecular weight excluding hydrogens is 323 g/mol. The number of fused-ring (bicyclic) bond motifs is 3. The highest BCUT2D eigenvalue weighted by atomic mass is 19.1. The lowest BCUT2D eigenvalue weighted by molar-refractivity contribution is 0.186. The van der Waals surface area contributed by atoms with Gasteiger partial charge in [0.15, 0.2) is 5.65 Å². The highest BCUT2D eigenvalue weighted by Gasteiger charge is 2.13. The lowest BCUT2D eigenvalue weighted by Crippen LogP contribution is -2.22. The summed E-state index contributed by atoms with van der Waals surface area (Å²) in [6.45, 7) is 0.931. The molecule has 126 valence electrons. The Morgan fingerprint density at radius 1 is 1.16 bits per heavy atom. The quantitative estimate of drug-likeness (QED) is 0.574. The van der Waals surface area contributed by atoms with E-state index in [4.69, 9.17) is 4.74 Å². The number of hydrogen-bond donors (Lipinski definition) is 0. The van der Waals surface area contributed by atoms with Crippen LogP contribution in [0.25, 0.3) is 27.7 Å². The van der Waals surface area contributed by atoms with Gasteiger partial charge >= 0.3 is 0 Å². The number of nitrogens with zero attached hydrogens (tertiary/aromatic N) is 4. The van der Waals surface area contributed by atoms with E-state index in [0.29, 0.717) is 29.7 Å². The van der Waals surface area contributed by atoms with Crippen molar-refractivity contribution in [3.63, 3.8) is 0 Å². The van der Waals surface area contributed by atoms with Gasteiger partial charge in [-0.05, 0) is 23.8 Å². The Morgan fingerprint density at radius 3 is 2.72 bits per heavy atom.